The van der Waals surface area contributed by atoms with Crippen molar-refractivity contribution in [2.45, 2.75) is 12.5 Å². The number of benzene rings is 2. The van der Waals surface area contributed by atoms with Crippen LogP contribution in [0.4, 0.5) is 0 Å². The SMILES string of the molecule is N=C(N)c1ccc(-c2[nH]c3cc(C(=N)N)ccc3c2CCNC(CO)C(=O)O)cc1. The first-order valence-electron chi connectivity index (χ1n) is 9.32. The Morgan fingerprint density at radius 1 is 1.07 bits per heavy atom. The summed E-state index contributed by atoms with van der Waals surface area (Å²) in [6, 6.07) is 11.7. The lowest BCUT2D eigenvalue weighted by Gasteiger charge is -2.12. The van der Waals surface area contributed by atoms with E-state index in [-0.39, 0.29) is 11.7 Å². The van der Waals surface area contributed by atoms with Gasteiger partial charge in [0.2, 0.25) is 0 Å². The highest BCUT2D eigenvalue weighted by molar-refractivity contribution is 6.01. The zero-order chi connectivity index (χ0) is 21.8. The van der Waals surface area contributed by atoms with Crippen LogP contribution in [0, 0.1) is 10.8 Å². The van der Waals surface area contributed by atoms with E-state index in [2.05, 4.69) is 10.3 Å². The summed E-state index contributed by atoms with van der Waals surface area (Å²) in [6.07, 6.45) is 0.507. The number of fused-ring (bicyclic) bond motifs is 1. The minimum atomic E-state index is -1.11. The van der Waals surface area contributed by atoms with Gasteiger partial charge in [-0.15, -0.1) is 0 Å². The van der Waals surface area contributed by atoms with Gasteiger partial charge in [-0.1, -0.05) is 36.4 Å². The van der Waals surface area contributed by atoms with Gasteiger partial charge in [-0.05, 0) is 23.6 Å². The zero-order valence-corrected chi connectivity index (χ0v) is 16.2. The summed E-state index contributed by atoms with van der Waals surface area (Å²) in [5, 5.41) is 37.3. The predicted molar refractivity (Wildman–Crippen MR) is 116 cm³/mol. The molecule has 0 fully saturated rings. The van der Waals surface area contributed by atoms with E-state index in [0.717, 1.165) is 27.7 Å². The van der Waals surface area contributed by atoms with Gasteiger partial charge in [0.05, 0.1) is 6.61 Å². The molecule has 9 nitrogen and oxygen atoms in total. The largest absolute Gasteiger partial charge is 0.480 e. The second kappa shape index (κ2) is 8.76. The number of nitrogens with one attached hydrogen (secondary N) is 4. The lowest BCUT2D eigenvalue weighted by molar-refractivity contribution is -0.140. The highest BCUT2D eigenvalue weighted by atomic mass is 16.4. The van der Waals surface area contributed by atoms with Gasteiger partial charge >= 0.3 is 5.97 Å². The molecule has 1 aromatic heterocycles. The van der Waals surface area contributed by atoms with Crippen molar-refractivity contribution in [3.05, 3.63) is 59.2 Å². The summed E-state index contributed by atoms with van der Waals surface area (Å²) in [7, 11) is 0. The van der Waals surface area contributed by atoms with Gasteiger partial charge in [0.1, 0.15) is 17.7 Å². The molecule has 0 aliphatic rings. The van der Waals surface area contributed by atoms with Crippen LogP contribution in [-0.2, 0) is 11.2 Å². The van der Waals surface area contributed by atoms with Crippen molar-refractivity contribution in [3.63, 3.8) is 0 Å². The highest BCUT2D eigenvalue weighted by Crippen LogP contribution is 2.31. The van der Waals surface area contributed by atoms with E-state index in [4.69, 9.17) is 27.4 Å². The smallest absolute Gasteiger partial charge is 0.323 e. The second-order valence-electron chi connectivity index (χ2n) is 6.92. The number of H-pyrrole nitrogens is 1. The Morgan fingerprint density at radius 3 is 2.27 bits per heavy atom. The number of aromatic nitrogens is 1. The monoisotopic (exact) mass is 408 g/mol. The van der Waals surface area contributed by atoms with Crippen molar-refractivity contribution in [2.24, 2.45) is 11.5 Å². The first-order valence-corrected chi connectivity index (χ1v) is 9.32. The Labute approximate surface area is 172 Å². The molecule has 0 saturated carbocycles. The summed E-state index contributed by atoms with van der Waals surface area (Å²) < 4.78 is 0. The quantitative estimate of drug-likeness (QED) is 0.193. The molecule has 1 atom stereocenters. The van der Waals surface area contributed by atoms with E-state index in [1.54, 1.807) is 24.3 Å². The zero-order valence-electron chi connectivity index (χ0n) is 16.2. The highest BCUT2D eigenvalue weighted by Gasteiger charge is 2.18. The Hall–Kier alpha value is -3.69. The van der Waals surface area contributed by atoms with Crippen LogP contribution in [-0.4, -0.2) is 52.0 Å². The number of hydrogen-bond acceptors (Lipinski definition) is 5. The lowest BCUT2D eigenvalue weighted by atomic mass is 10.0. The standard InChI is InChI=1S/C21H24N6O3/c22-19(23)12-3-1-11(2-4-12)18-15(7-8-26-17(10-28)21(29)30)14-6-5-13(20(24)25)9-16(14)27-18/h1-6,9,17,26-28H,7-8,10H2,(H3,22,23)(H3,24,25)(H,29,30). The number of hydrogen-bond donors (Lipinski definition) is 8. The van der Waals surface area contributed by atoms with Gasteiger partial charge in [-0.2, -0.15) is 0 Å². The fourth-order valence-corrected chi connectivity index (χ4v) is 3.35. The summed E-state index contributed by atoms with van der Waals surface area (Å²) in [5.41, 5.74) is 15.9. The van der Waals surface area contributed by atoms with Crippen molar-refractivity contribution in [1.82, 2.24) is 10.3 Å². The molecule has 1 heterocycles. The molecule has 1 unspecified atom stereocenters. The topological polar surface area (TPSA) is 185 Å². The summed E-state index contributed by atoms with van der Waals surface area (Å²) in [5.74, 6) is -1.16. The predicted octanol–water partition coefficient (Wildman–Crippen LogP) is 0.981. The van der Waals surface area contributed by atoms with E-state index in [0.29, 0.717) is 24.1 Å². The van der Waals surface area contributed by atoms with E-state index >= 15 is 0 Å². The Morgan fingerprint density at radius 2 is 1.70 bits per heavy atom. The van der Waals surface area contributed by atoms with E-state index in [1.165, 1.54) is 0 Å². The summed E-state index contributed by atoms with van der Waals surface area (Å²) >= 11 is 0. The number of carbonyl (C=O) groups is 1. The summed E-state index contributed by atoms with van der Waals surface area (Å²) in [6.45, 7) is -0.151. The fourth-order valence-electron chi connectivity index (χ4n) is 3.35. The van der Waals surface area contributed by atoms with Crippen LogP contribution in [0.25, 0.3) is 22.2 Å². The molecule has 3 aromatic rings. The first-order chi connectivity index (χ1) is 14.3. The number of amidine groups is 2. The summed E-state index contributed by atoms with van der Waals surface area (Å²) in [4.78, 5) is 14.5. The van der Waals surface area contributed by atoms with Crippen molar-refractivity contribution >= 4 is 28.5 Å². The van der Waals surface area contributed by atoms with Crippen LogP contribution in [0.5, 0.6) is 0 Å². The van der Waals surface area contributed by atoms with Gasteiger partial charge in [0.15, 0.2) is 0 Å². The first kappa shape index (κ1) is 21.0. The van der Waals surface area contributed by atoms with Gasteiger partial charge in [0.25, 0.3) is 0 Å². The molecule has 0 aliphatic carbocycles. The number of aromatic amines is 1. The van der Waals surface area contributed by atoms with Gasteiger partial charge in [-0.25, -0.2) is 0 Å². The average molecular weight is 408 g/mol. The van der Waals surface area contributed by atoms with Crippen molar-refractivity contribution in [2.75, 3.05) is 13.2 Å². The van der Waals surface area contributed by atoms with E-state index in [1.807, 2.05) is 18.2 Å². The van der Waals surface area contributed by atoms with Crippen LogP contribution in [0.2, 0.25) is 0 Å². The molecule has 156 valence electrons. The number of aliphatic hydroxyl groups excluding tert-OH is 1. The molecule has 0 radical (unpaired) electrons. The molecule has 10 N–H and O–H groups in total. The number of carboxylic acid groups (broad SMARTS) is 1. The number of carboxylic acids is 1. The molecule has 3 rings (SSSR count). The van der Waals surface area contributed by atoms with Gasteiger partial charge in [0, 0.05) is 34.3 Å². The Bertz CT molecular complexity index is 1100. The van der Waals surface area contributed by atoms with Crippen LogP contribution in [0.3, 0.4) is 0 Å². The molecule has 0 aliphatic heterocycles. The number of nitrogen functional groups attached to an aromatic ring is 2. The normalized spacial score (nSPS) is 12.0. The number of rotatable bonds is 9. The third-order valence-corrected chi connectivity index (χ3v) is 4.95. The lowest BCUT2D eigenvalue weighted by Crippen LogP contribution is -2.40. The van der Waals surface area contributed by atoms with E-state index < -0.39 is 18.6 Å². The third kappa shape index (κ3) is 4.32. The maximum absolute atomic E-state index is 11.1. The van der Waals surface area contributed by atoms with Crippen molar-refractivity contribution in [1.29, 1.82) is 10.8 Å². The van der Waals surface area contributed by atoms with Crippen LogP contribution in [0.1, 0.15) is 16.7 Å². The van der Waals surface area contributed by atoms with Crippen LogP contribution in [0.15, 0.2) is 42.5 Å². The van der Waals surface area contributed by atoms with Crippen molar-refractivity contribution in [3.8, 4) is 11.3 Å². The minimum absolute atomic E-state index is 0.0163. The molecule has 2 aromatic carbocycles. The molecule has 9 heteroatoms. The molecule has 0 spiro atoms. The van der Waals surface area contributed by atoms with E-state index in [9.17, 15) is 9.90 Å². The number of aliphatic carboxylic acids is 1. The molecule has 30 heavy (non-hydrogen) atoms. The maximum atomic E-state index is 11.1. The van der Waals surface area contributed by atoms with Crippen LogP contribution >= 0.6 is 0 Å². The minimum Gasteiger partial charge on any atom is -0.480 e. The van der Waals surface area contributed by atoms with Gasteiger partial charge in [-0.3, -0.25) is 15.6 Å². The Balaban J connectivity index is 2.00. The average Bonchev–Trinajstić information content (AvgIpc) is 3.08. The maximum Gasteiger partial charge on any atom is 0.323 e. The fraction of sp³-hybridized carbons (Fsp3) is 0.190. The molecule has 0 amide bonds. The number of nitrogens with two attached hydrogens (primary N) is 2. The second-order valence-corrected chi connectivity index (χ2v) is 6.92. The molecule has 0 bridgehead atoms. The van der Waals surface area contributed by atoms with Crippen LogP contribution < -0.4 is 16.8 Å². The number of aliphatic hydroxyl groups is 1. The molecule has 0 saturated heterocycles. The molecular weight excluding hydrogens is 384 g/mol. The molecular formula is C21H24N6O3. The Kier molecular flexibility index (Phi) is 6.14. The van der Waals surface area contributed by atoms with Crippen molar-refractivity contribution < 1.29 is 15.0 Å². The third-order valence-electron chi connectivity index (χ3n) is 4.95. The van der Waals surface area contributed by atoms with Gasteiger partial charge < -0.3 is 32.0 Å².